The van der Waals surface area contributed by atoms with Crippen LogP contribution in [0, 0.1) is 11.8 Å². The van der Waals surface area contributed by atoms with E-state index in [1.165, 1.54) is 6.92 Å². The number of ketones is 1. The maximum atomic E-state index is 14.1. The molecule has 1 aliphatic heterocycles. The summed E-state index contributed by atoms with van der Waals surface area (Å²) >= 11 is 0. The van der Waals surface area contributed by atoms with Gasteiger partial charge in [-0.25, -0.2) is 0 Å². The molecule has 2 aromatic carbocycles. The molecule has 54 heavy (non-hydrogen) atoms. The van der Waals surface area contributed by atoms with Gasteiger partial charge in [-0.3, -0.25) is 28.9 Å². The molecule has 0 radical (unpaired) electrons. The molecule has 13 heteroatoms. The van der Waals surface area contributed by atoms with Crippen molar-refractivity contribution in [2.24, 2.45) is 11.8 Å². The van der Waals surface area contributed by atoms with Crippen LogP contribution in [-0.2, 0) is 41.6 Å². The monoisotopic (exact) mass is 751 g/mol. The van der Waals surface area contributed by atoms with Crippen LogP contribution in [0.3, 0.4) is 0 Å². The minimum Gasteiger partial charge on any atom is -0.393 e. The molecule has 298 valence electrons. The Morgan fingerprint density at radius 2 is 1.22 bits per heavy atom. The molecule has 4 amide bonds. The molecule has 0 aromatic heterocycles. The molecule has 2 unspecified atom stereocenters. The highest BCUT2D eigenvalue weighted by Gasteiger charge is 2.38. The lowest BCUT2D eigenvalue weighted by molar-refractivity contribution is -0.144. The third-order valence-electron chi connectivity index (χ3n) is 9.45. The summed E-state index contributed by atoms with van der Waals surface area (Å²) in [5.41, 5.74) is -0.332. The summed E-state index contributed by atoms with van der Waals surface area (Å²) in [5, 5.41) is 31.6. The van der Waals surface area contributed by atoms with Gasteiger partial charge in [-0.2, -0.15) is 0 Å². The SMILES string of the molecule is CC(C)CC[C@H](NC(=O)[C@H](CCc1ccccc1)NC(=O)CN1CCOCC1)C(=O)N[C@@H](Cc1ccccc1)C(=O)NC(CC(C)C)C(=O)C(C)(O)CO. The molecule has 13 nitrogen and oxygen atoms in total. The van der Waals surface area contributed by atoms with E-state index in [0.717, 1.165) is 11.1 Å². The molecule has 1 saturated heterocycles. The van der Waals surface area contributed by atoms with Crippen LogP contribution in [0.5, 0.6) is 0 Å². The van der Waals surface area contributed by atoms with Gasteiger partial charge >= 0.3 is 0 Å². The van der Waals surface area contributed by atoms with Crippen LogP contribution in [0.1, 0.15) is 71.4 Å². The van der Waals surface area contributed by atoms with E-state index < -0.39 is 59.9 Å². The summed E-state index contributed by atoms with van der Waals surface area (Å²) in [6, 6.07) is 14.5. The number of aryl methyl sites for hydroxylation is 1. The van der Waals surface area contributed by atoms with Gasteiger partial charge < -0.3 is 36.2 Å². The van der Waals surface area contributed by atoms with E-state index in [4.69, 9.17) is 4.74 Å². The fourth-order valence-corrected chi connectivity index (χ4v) is 6.23. The molecule has 3 rings (SSSR count). The van der Waals surface area contributed by atoms with Crippen molar-refractivity contribution >= 4 is 29.4 Å². The number of nitrogens with zero attached hydrogens (tertiary/aromatic N) is 1. The largest absolute Gasteiger partial charge is 0.393 e. The Bertz CT molecular complexity index is 1480. The zero-order chi connectivity index (χ0) is 39.7. The first-order valence-corrected chi connectivity index (χ1v) is 19.1. The highest BCUT2D eigenvalue weighted by molar-refractivity contribution is 5.97. The standard InChI is InChI=1S/C41H61N5O8/c1-28(2)16-18-33(43-38(50)32(19-17-30-12-8-6-9-13-30)42-36(48)26-46-20-22-54-23-21-46)39(51)45-35(25-31-14-10-7-11-15-31)40(52)44-34(24-29(3)4)37(49)41(5,53)27-47/h6-15,28-29,32-35,47,53H,16-27H2,1-5H3,(H,42,48)(H,43,50)(H,44,52)(H,45,51)/t32-,33-,34?,35-,41?/m0/s1. The van der Waals surface area contributed by atoms with Crippen LogP contribution in [0.15, 0.2) is 60.7 Å². The minimum atomic E-state index is -2.08. The maximum absolute atomic E-state index is 14.1. The Labute approximate surface area is 320 Å². The summed E-state index contributed by atoms with van der Waals surface area (Å²) < 4.78 is 5.40. The number of carbonyl (C=O) groups is 5. The van der Waals surface area contributed by atoms with Gasteiger partial charge in [0.1, 0.15) is 23.7 Å². The van der Waals surface area contributed by atoms with Crippen molar-refractivity contribution in [3.63, 3.8) is 0 Å². The average Bonchev–Trinajstić information content (AvgIpc) is 3.14. The lowest BCUT2D eigenvalue weighted by Gasteiger charge is -2.30. The summed E-state index contributed by atoms with van der Waals surface area (Å²) in [7, 11) is 0. The molecular formula is C41H61N5O8. The number of aliphatic hydroxyl groups is 2. The van der Waals surface area contributed by atoms with Gasteiger partial charge in [-0.15, -0.1) is 0 Å². The van der Waals surface area contributed by atoms with E-state index in [-0.39, 0.29) is 43.6 Å². The molecule has 6 N–H and O–H groups in total. The van der Waals surface area contributed by atoms with Crippen molar-refractivity contribution in [2.75, 3.05) is 39.5 Å². The Hall–Kier alpha value is -4.17. The van der Waals surface area contributed by atoms with Crippen LogP contribution >= 0.6 is 0 Å². The molecule has 0 saturated carbocycles. The second kappa shape index (κ2) is 22.3. The summed E-state index contributed by atoms with van der Waals surface area (Å²) in [6.45, 7) is 10.5. The van der Waals surface area contributed by atoms with Gasteiger partial charge in [-0.1, -0.05) is 88.4 Å². The number of benzene rings is 2. The van der Waals surface area contributed by atoms with Gasteiger partial charge in [0.25, 0.3) is 0 Å². The highest BCUT2D eigenvalue weighted by atomic mass is 16.5. The van der Waals surface area contributed by atoms with Gasteiger partial charge in [0.15, 0.2) is 5.78 Å². The second-order valence-electron chi connectivity index (χ2n) is 15.3. The normalized spacial score (nSPS) is 16.8. The molecule has 1 heterocycles. The third kappa shape index (κ3) is 15.3. The maximum Gasteiger partial charge on any atom is 0.243 e. The first-order chi connectivity index (χ1) is 25.7. The number of aliphatic hydroxyl groups excluding tert-OH is 1. The van der Waals surface area contributed by atoms with Crippen LogP contribution in [0.2, 0.25) is 0 Å². The number of hydrogen-bond acceptors (Lipinski definition) is 9. The van der Waals surface area contributed by atoms with Crippen LogP contribution in [-0.4, -0.2) is 114 Å². The number of carbonyl (C=O) groups excluding carboxylic acids is 5. The third-order valence-corrected chi connectivity index (χ3v) is 9.45. The summed E-state index contributed by atoms with van der Waals surface area (Å²) in [5.74, 6) is -2.64. The molecule has 1 fully saturated rings. The van der Waals surface area contributed by atoms with E-state index in [9.17, 15) is 34.2 Å². The first kappa shape index (κ1) is 44.2. The summed E-state index contributed by atoms with van der Waals surface area (Å²) in [4.78, 5) is 70.5. The lowest BCUT2D eigenvalue weighted by Crippen LogP contribution is -2.60. The molecule has 0 bridgehead atoms. The number of Topliss-reactive ketones (excluding diaryl/α,β-unsaturated/α-hetero) is 1. The number of amides is 4. The molecule has 0 aliphatic carbocycles. The van der Waals surface area contributed by atoms with Crippen molar-refractivity contribution in [1.29, 1.82) is 0 Å². The van der Waals surface area contributed by atoms with Crippen molar-refractivity contribution in [2.45, 2.75) is 103 Å². The van der Waals surface area contributed by atoms with Crippen molar-refractivity contribution in [1.82, 2.24) is 26.2 Å². The Morgan fingerprint density at radius 1 is 0.704 bits per heavy atom. The van der Waals surface area contributed by atoms with Gasteiger partial charge in [-0.05, 0) is 62.0 Å². The van der Waals surface area contributed by atoms with E-state index >= 15 is 0 Å². The molecular weight excluding hydrogens is 690 g/mol. The van der Waals surface area contributed by atoms with Crippen LogP contribution in [0.4, 0.5) is 0 Å². The number of hydrogen-bond donors (Lipinski definition) is 6. The number of morpholine rings is 1. The molecule has 5 atom stereocenters. The van der Waals surface area contributed by atoms with Crippen LogP contribution < -0.4 is 21.3 Å². The van der Waals surface area contributed by atoms with E-state index in [2.05, 4.69) is 21.3 Å². The van der Waals surface area contributed by atoms with Crippen LogP contribution in [0.25, 0.3) is 0 Å². The Balaban J connectivity index is 1.85. The zero-order valence-electron chi connectivity index (χ0n) is 32.5. The average molecular weight is 752 g/mol. The fraction of sp³-hybridized carbons (Fsp3) is 0.585. The Morgan fingerprint density at radius 3 is 1.78 bits per heavy atom. The van der Waals surface area contributed by atoms with E-state index in [0.29, 0.717) is 45.6 Å². The highest BCUT2D eigenvalue weighted by Crippen LogP contribution is 2.16. The second-order valence-corrected chi connectivity index (χ2v) is 15.3. The minimum absolute atomic E-state index is 0.0456. The van der Waals surface area contributed by atoms with Gasteiger partial charge in [0.05, 0.1) is 32.4 Å². The number of ether oxygens (including phenoxy) is 1. The lowest BCUT2D eigenvalue weighted by atomic mass is 9.90. The van der Waals surface area contributed by atoms with E-state index in [1.807, 2.05) is 93.3 Å². The predicted octanol–water partition coefficient (Wildman–Crippen LogP) is 1.93. The van der Waals surface area contributed by atoms with Crippen molar-refractivity contribution < 1.29 is 38.9 Å². The quantitative estimate of drug-likeness (QED) is 0.105. The molecule has 0 spiro atoms. The zero-order valence-corrected chi connectivity index (χ0v) is 32.5. The van der Waals surface area contributed by atoms with Crippen molar-refractivity contribution in [3.8, 4) is 0 Å². The number of nitrogens with one attached hydrogen (secondary N) is 4. The predicted molar refractivity (Wildman–Crippen MR) is 206 cm³/mol. The molecule has 2 aromatic rings. The Kier molecular flexibility index (Phi) is 18.2. The van der Waals surface area contributed by atoms with Gasteiger partial charge in [0.2, 0.25) is 23.6 Å². The van der Waals surface area contributed by atoms with Gasteiger partial charge in [0, 0.05) is 19.5 Å². The molecule has 1 aliphatic rings. The summed E-state index contributed by atoms with van der Waals surface area (Å²) in [6.07, 6.45) is 1.95. The smallest absolute Gasteiger partial charge is 0.243 e. The van der Waals surface area contributed by atoms with E-state index in [1.54, 1.807) is 0 Å². The topological polar surface area (TPSA) is 186 Å². The first-order valence-electron chi connectivity index (χ1n) is 19.1. The van der Waals surface area contributed by atoms with Crippen molar-refractivity contribution in [3.05, 3.63) is 71.8 Å². The number of rotatable bonds is 22. The fourth-order valence-electron chi connectivity index (χ4n) is 6.23.